The van der Waals surface area contributed by atoms with Crippen molar-refractivity contribution in [1.29, 1.82) is 0 Å². The van der Waals surface area contributed by atoms with E-state index in [1.165, 1.54) is 10.6 Å². The molecule has 1 unspecified atom stereocenters. The summed E-state index contributed by atoms with van der Waals surface area (Å²) < 4.78 is 30.6. The Morgan fingerprint density at radius 3 is 2.45 bits per heavy atom. The van der Waals surface area contributed by atoms with Gasteiger partial charge >= 0.3 is 0 Å². The van der Waals surface area contributed by atoms with E-state index in [1.54, 1.807) is 19.2 Å². The smallest absolute Gasteiger partial charge is 0.258 e. The predicted molar refractivity (Wildman–Crippen MR) is 114 cm³/mol. The summed E-state index contributed by atoms with van der Waals surface area (Å²) in [6.45, 7) is 2.52. The van der Waals surface area contributed by atoms with Crippen LogP contribution < -0.4 is 13.9 Å². The lowest BCUT2D eigenvalue weighted by molar-refractivity contribution is 0.0975. The molecule has 1 atom stereocenters. The summed E-state index contributed by atoms with van der Waals surface area (Å²) in [7, 11) is -1.69. The van der Waals surface area contributed by atoms with Gasteiger partial charge in [-0.25, -0.2) is 8.42 Å². The largest absolute Gasteiger partial charge is 0.497 e. The SMILES string of the molecule is COc1ccc(N(C(=O)c2ccc3c(c2)CCN3S(C)(=O)=O)C(C)C2CC2)cc1. The van der Waals surface area contributed by atoms with Crippen molar-refractivity contribution in [2.24, 2.45) is 5.92 Å². The van der Waals surface area contributed by atoms with E-state index in [9.17, 15) is 13.2 Å². The third-order valence-corrected chi connectivity index (χ3v) is 7.04. The first-order valence-corrected chi connectivity index (χ1v) is 11.7. The molecule has 2 aliphatic rings. The Kier molecular flexibility index (Phi) is 5.02. The van der Waals surface area contributed by atoms with Gasteiger partial charge in [0.25, 0.3) is 5.91 Å². The molecule has 1 saturated carbocycles. The van der Waals surface area contributed by atoms with E-state index in [2.05, 4.69) is 6.92 Å². The van der Waals surface area contributed by atoms with Gasteiger partial charge in [0.1, 0.15) is 5.75 Å². The molecule has 2 aromatic rings. The topological polar surface area (TPSA) is 66.9 Å². The molecule has 4 rings (SSSR count). The Balaban J connectivity index is 1.67. The molecule has 0 saturated heterocycles. The molecule has 1 fully saturated rings. The molecule has 0 spiro atoms. The van der Waals surface area contributed by atoms with Crippen LogP contribution in [0, 0.1) is 5.92 Å². The van der Waals surface area contributed by atoms with E-state index >= 15 is 0 Å². The fraction of sp³-hybridized carbons (Fsp3) is 0.409. The Labute approximate surface area is 172 Å². The second-order valence-electron chi connectivity index (χ2n) is 7.88. The van der Waals surface area contributed by atoms with Crippen LogP contribution in [-0.4, -0.2) is 40.3 Å². The molecule has 2 aromatic carbocycles. The number of carbonyl (C=O) groups excluding carboxylic acids is 1. The number of rotatable bonds is 6. The van der Waals surface area contributed by atoms with Crippen molar-refractivity contribution in [3.8, 4) is 5.75 Å². The maximum Gasteiger partial charge on any atom is 0.258 e. The Morgan fingerprint density at radius 2 is 1.86 bits per heavy atom. The summed E-state index contributed by atoms with van der Waals surface area (Å²) in [4.78, 5) is 15.4. The van der Waals surface area contributed by atoms with Crippen LogP contribution in [-0.2, 0) is 16.4 Å². The molecule has 0 N–H and O–H groups in total. The van der Waals surface area contributed by atoms with Crippen molar-refractivity contribution in [2.45, 2.75) is 32.2 Å². The van der Waals surface area contributed by atoms with Crippen molar-refractivity contribution in [2.75, 3.05) is 29.1 Å². The summed E-state index contributed by atoms with van der Waals surface area (Å²) >= 11 is 0. The first-order chi connectivity index (χ1) is 13.8. The van der Waals surface area contributed by atoms with Gasteiger partial charge in [-0.1, -0.05) is 0 Å². The van der Waals surface area contributed by atoms with E-state index in [1.807, 2.05) is 35.2 Å². The van der Waals surface area contributed by atoms with Gasteiger partial charge in [0.05, 0.1) is 19.1 Å². The molecule has 0 radical (unpaired) electrons. The maximum atomic E-state index is 13.5. The number of benzene rings is 2. The number of hydrogen-bond acceptors (Lipinski definition) is 4. The van der Waals surface area contributed by atoms with Crippen LogP contribution in [0.25, 0.3) is 0 Å². The fourth-order valence-corrected chi connectivity index (χ4v) is 5.02. The van der Waals surface area contributed by atoms with Gasteiger partial charge in [-0.3, -0.25) is 9.10 Å². The minimum absolute atomic E-state index is 0.0600. The molecule has 1 heterocycles. The minimum Gasteiger partial charge on any atom is -0.497 e. The number of amides is 1. The summed E-state index contributed by atoms with van der Waals surface area (Å²) in [5.41, 5.74) is 3.00. The van der Waals surface area contributed by atoms with Crippen LogP contribution in [0.15, 0.2) is 42.5 Å². The summed E-state index contributed by atoms with van der Waals surface area (Å²) in [6.07, 6.45) is 4.09. The second kappa shape index (κ2) is 7.37. The van der Waals surface area contributed by atoms with E-state index in [0.29, 0.717) is 30.1 Å². The van der Waals surface area contributed by atoms with Gasteiger partial charge < -0.3 is 9.64 Å². The minimum atomic E-state index is -3.31. The lowest BCUT2D eigenvalue weighted by Gasteiger charge is -2.30. The normalized spacial score (nSPS) is 17.0. The van der Waals surface area contributed by atoms with Crippen LogP contribution in [0.5, 0.6) is 5.75 Å². The van der Waals surface area contributed by atoms with Gasteiger partial charge in [0, 0.05) is 23.8 Å². The maximum absolute atomic E-state index is 13.5. The highest BCUT2D eigenvalue weighted by Gasteiger charge is 2.36. The number of ether oxygens (including phenoxy) is 1. The van der Waals surface area contributed by atoms with Gasteiger partial charge in [0.2, 0.25) is 10.0 Å². The van der Waals surface area contributed by atoms with E-state index < -0.39 is 10.0 Å². The van der Waals surface area contributed by atoms with E-state index in [-0.39, 0.29) is 11.9 Å². The third kappa shape index (κ3) is 3.83. The number of anilines is 2. The summed E-state index contributed by atoms with van der Waals surface area (Å²) in [5, 5.41) is 0. The number of fused-ring (bicyclic) bond motifs is 1. The molecule has 7 heteroatoms. The lowest BCUT2D eigenvalue weighted by Crippen LogP contribution is -2.40. The number of hydrogen-bond donors (Lipinski definition) is 0. The number of methoxy groups -OCH3 is 1. The van der Waals surface area contributed by atoms with Crippen molar-refractivity contribution < 1.29 is 17.9 Å². The first kappa shape index (κ1) is 19.8. The Bertz CT molecular complexity index is 1030. The first-order valence-electron chi connectivity index (χ1n) is 9.88. The average molecular weight is 415 g/mol. The van der Waals surface area contributed by atoms with Gasteiger partial charge in [-0.05, 0) is 80.1 Å². The van der Waals surface area contributed by atoms with Crippen molar-refractivity contribution in [3.63, 3.8) is 0 Å². The van der Waals surface area contributed by atoms with Crippen LogP contribution in [0.3, 0.4) is 0 Å². The average Bonchev–Trinajstić information content (AvgIpc) is 3.46. The van der Waals surface area contributed by atoms with Crippen molar-refractivity contribution in [1.82, 2.24) is 0 Å². The molecular formula is C22H26N2O4S. The van der Waals surface area contributed by atoms with Crippen molar-refractivity contribution >= 4 is 27.3 Å². The number of nitrogens with zero attached hydrogens (tertiary/aromatic N) is 2. The fourth-order valence-electron chi connectivity index (χ4n) is 4.06. The molecule has 6 nitrogen and oxygen atoms in total. The van der Waals surface area contributed by atoms with Gasteiger partial charge in [-0.15, -0.1) is 0 Å². The standard InChI is InChI=1S/C22H26N2O4S/c1-15(16-4-5-16)24(19-7-9-20(28-2)10-8-19)22(25)18-6-11-21-17(14-18)12-13-23(21)29(3,26)27/h6-11,14-16H,4-5,12-13H2,1-3H3. The van der Waals surface area contributed by atoms with E-state index in [4.69, 9.17) is 4.74 Å². The number of carbonyl (C=O) groups is 1. The van der Waals surface area contributed by atoms with Crippen LogP contribution in [0.1, 0.15) is 35.7 Å². The summed E-state index contributed by atoms with van der Waals surface area (Å²) in [5.74, 6) is 1.20. The zero-order valence-electron chi connectivity index (χ0n) is 17.0. The quantitative estimate of drug-likeness (QED) is 0.726. The zero-order valence-corrected chi connectivity index (χ0v) is 17.8. The van der Waals surface area contributed by atoms with E-state index in [0.717, 1.165) is 29.8 Å². The van der Waals surface area contributed by atoms with Crippen LogP contribution >= 0.6 is 0 Å². The molecule has 154 valence electrons. The van der Waals surface area contributed by atoms with Gasteiger partial charge in [-0.2, -0.15) is 0 Å². The molecule has 1 aliphatic carbocycles. The molecular weight excluding hydrogens is 388 g/mol. The molecule has 1 amide bonds. The van der Waals surface area contributed by atoms with Crippen LogP contribution in [0.4, 0.5) is 11.4 Å². The highest BCUT2D eigenvalue weighted by Crippen LogP contribution is 2.38. The Morgan fingerprint density at radius 1 is 1.17 bits per heavy atom. The summed E-state index contributed by atoms with van der Waals surface area (Å²) in [6, 6.07) is 13.0. The monoisotopic (exact) mass is 414 g/mol. The molecule has 0 aromatic heterocycles. The van der Waals surface area contributed by atoms with Gasteiger partial charge in [0.15, 0.2) is 0 Å². The number of sulfonamides is 1. The lowest BCUT2D eigenvalue weighted by atomic mass is 10.0. The Hall–Kier alpha value is -2.54. The van der Waals surface area contributed by atoms with Crippen molar-refractivity contribution in [3.05, 3.63) is 53.6 Å². The van der Waals surface area contributed by atoms with Crippen LogP contribution in [0.2, 0.25) is 0 Å². The molecule has 1 aliphatic heterocycles. The third-order valence-electron chi connectivity index (χ3n) is 5.86. The second-order valence-corrected chi connectivity index (χ2v) is 9.79. The zero-order chi connectivity index (χ0) is 20.8. The molecule has 29 heavy (non-hydrogen) atoms. The highest BCUT2D eigenvalue weighted by molar-refractivity contribution is 7.92. The highest BCUT2D eigenvalue weighted by atomic mass is 32.2. The molecule has 0 bridgehead atoms. The predicted octanol–water partition coefficient (Wildman–Crippen LogP) is 3.46.